The molecule has 2 amide bonds. The van der Waals surface area contributed by atoms with Gasteiger partial charge in [0.05, 0.1) is 16.2 Å². The molecule has 2 aliphatic rings. The third-order valence-corrected chi connectivity index (χ3v) is 6.38. The first kappa shape index (κ1) is 18.6. The molecule has 0 saturated carbocycles. The van der Waals surface area contributed by atoms with Crippen LogP contribution in [0.3, 0.4) is 0 Å². The highest BCUT2D eigenvalue weighted by molar-refractivity contribution is 9.10. The fourth-order valence-corrected chi connectivity index (χ4v) is 4.96. The fraction of sp³-hybridized carbons (Fsp3) is 0.389. The SMILES string of the molecule is CCCN1C(=O)/C(=C2\SC(=S)N(C(C)CC)C2=O)c2cc(Br)ccc21. The van der Waals surface area contributed by atoms with E-state index in [-0.39, 0.29) is 17.9 Å². The Hall–Kier alpha value is -1.18. The number of hydrogen-bond donors (Lipinski definition) is 0. The van der Waals surface area contributed by atoms with Crippen LogP contribution in [0.25, 0.3) is 5.57 Å². The van der Waals surface area contributed by atoms with E-state index in [1.165, 1.54) is 11.8 Å². The van der Waals surface area contributed by atoms with Gasteiger partial charge in [-0.15, -0.1) is 0 Å². The average Bonchev–Trinajstić information content (AvgIpc) is 3.01. The molecule has 0 bridgehead atoms. The Morgan fingerprint density at radius 1 is 1.24 bits per heavy atom. The number of anilines is 1. The molecule has 1 aromatic rings. The molecular weight excluding hydrogens is 420 g/mol. The van der Waals surface area contributed by atoms with Crippen molar-refractivity contribution >= 4 is 67.3 Å². The second-order valence-corrected chi connectivity index (χ2v) is 8.68. The van der Waals surface area contributed by atoms with Crippen molar-refractivity contribution in [1.82, 2.24) is 4.90 Å². The number of benzene rings is 1. The molecule has 1 fully saturated rings. The molecule has 132 valence electrons. The Bertz CT molecular complexity index is 806. The lowest BCUT2D eigenvalue weighted by atomic mass is 10.1. The van der Waals surface area contributed by atoms with Crippen LogP contribution in [0.2, 0.25) is 0 Å². The maximum Gasteiger partial charge on any atom is 0.267 e. The summed E-state index contributed by atoms with van der Waals surface area (Å²) >= 11 is 10.1. The molecule has 1 aromatic carbocycles. The summed E-state index contributed by atoms with van der Waals surface area (Å²) in [5, 5.41) is 0. The van der Waals surface area contributed by atoms with Crippen molar-refractivity contribution in [3.8, 4) is 0 Å². The Morgan fingerprint density at radius 3 is 2.60 bits per heavy atom. The molecular formula is C18H19BrN2O2S2. The van der Waals surface area contributed by atoms with Gasteiger partial charge in [-0.1, -0.05) is 53.8 Å². The third kappa shape index (κ3) is 3.06. The van der Waals surface area contributed by atoms with Crippen LogP contribution in [0.5, 0.6) is 0 Å². The summed E-state index contributed by atoms with van der Waals surface area (Å²) in [7, 11) is 0. The number of rotatable bonds is 4. The molecule has 2 aliphatic heterocycles. The highest BCUT2D eigenvalue weighted by Crippen LogP contribution is 2.45. The van der Waals surface area contributed by atoms with Gasteiger partial charge >= 0.3 is 0 Å². The number of carbonyl (C=O) groups excluding carboxylic acids is 2. The molecule has 1 atom stereocenters. The maximum atomic E-state index is 13.1. The summed E-state index contributed by atoms with van der Waals surface area (Å²) in [6, 6.07) is 5.78. The second kappa shape index (κ2) is 7.21. The van der Waals surface area contributed by atoms with Gasteiger partial charge in [-0.2, -0.15) is 0 Å². The van der Waals surface area contributed by atoms with Crippen LogP contribution in [0.1, 0.15) is 39.2 Å². The molecule has 0 aromatic heterocycles. The van der Waals surface area contributed by atoms with Crippen LogP contribution in [0.4, 0.5) is 5.69 Å². The summed E-state index contributed by atoms with van der Waals surface area (Å²) in [6.45, 7) is 6.66. The fourth-order valence-electron chi connectivity index (χ4n) is 3.06. The highest BCUT2D eigenvalue weighted by atomic mass is 79.9. The lowest BCUT2D eigenvalue weighted by Gasteiger charge is -2.21. The average molecular weight is 439 g/mol. The van der Waals surface area contributed by atoms with Crippen molar-refractivity contribution in [3.05, 3.63) is 33.1 Å². The molecule has 0 radical (unpaired) electrons. The van der Waals surface area contributed by atoms with Gasteiger partial charge in [-0.05, 0) is 38.0 Å². The van der Waals surface area contributed by atoms with Crippen LogP contribution in [-0.2, 0) is 9.59 Å². The quantitative estimate of drug-likeness (QED) is 0.509. The molecule has 0 aliphatic carbocycles. The van der Waals surface area contributed by atoms with Gasteiger partial charge in [-0.25, -0.2) is 0 Å². The number of thiocarbonyl (C=S) groups is 1. The number of thioether (sulfide) groups is 1. The smallest absolute Gasteiger partial charge is 0.267 e. The van der Waals surface area contributed by atoms with Crippen molar-refractivity contribution in [2.45, 2.75) is 39.7 Å². The van der Waals surface area contributed by atoms with Crippen LogP contribution < -0.4 is 4.90 Å². The van der Waals surface area contributed by atoms with Crippen LogP contribution in [0.15, 0.2) is 27.6 Å². The largest absolute Gasteiger partial charge is 0.308 e. The maximum absolute atomic E-state index is 13.1. The highest BCUT2D eigenvalue weighted by Gasteiger charge is 2.42. The number of nitrogens with zero attached hydrogens (tertiary/aromatic N) is 2. The van der Waals surface area contributed by atoms with Crippen molar-refractivity contribution in [2.75, 3.05) is 11.4 Å². The molecule has 0 N–H and O–H groups in total. The number of fused-ring (bicyclic) bond motifs is 1. The summed E-state index contributed by atoms with van der Waals surface area (Å²) < 4.78 is 1.41. The molecule has 4 nitrogen and oxygen atoms in total. The van der Waals surface area contributed by atoms with Gasteiger partial charge < -0.3 is 4.90 Å². The summed E-state index contributed by atoms with van der Waals surface area (Å²) in [5.41, 5.74) is 2.14. The standard InChI is InChI=1S/C18H19BrN2O2S2/c1-4-8-20-13-7-6-11(19)9-12(13)14(16(20)22)15-17(23)21(10(3)5-2)18(24)25-15/h6-7,9-10H,4-5,8H2,1-3H3/b15-14-. The van der Waals surface area contributed by atoms with Gasteiger partial charge in [0.25, 0.3) is 11.8 Å². The van der Waals surface area contributed by atoms with E-state index in [1.807, 2.05) is 39.0 Å². The minimum Gasteiger partial charge on any atom is -0.308 e. The molecule has 25 heavy (non-hydrogen) atoms. The van der Waals surface area contributed by atoms with Crippen LogP contribution >= 0.6 is 39.9 Å². The topological polar surface area (TPSA) is 40.6 Å². The van der Waals surface area contributed by atoms with Gasteiger partial charge in [0.15, 0.2) is 0 Å². The minimum atomic E-state index is -0.156. The monoisotopic (exact) mass is 438 g/mol. The van der Waals surface area contributed by atoms with E-state index >= 15 is 0 Å². The Labute approximate surface area is 165 Å². The van der Waals surface area contributed by atoms with E-state index in [9.17, 15) is 9.59 Å². The lowest BCUT2D eigenvalue weighted by Crippen LogP contribution is -2.36. The van der Waals surface area contributed by atoms with E-state index < -0.39 is 0 Å². The van der Waals surface area contributed by atoms with Crippen molar-refractivity contribution < 1.29 is 9.59 Å². The van der Waals surface area contributed by atoms with Gasteiger partial charge in [-0.3, -0.25) is 14.5 Å². The molecule has 1 unspecified atom stereocenters. The number of carbonyl (C=O) groups is 2. The predicted octanol–water partition coefficient (Wildman–Crippen LogP) is 4.58. The minimum absolute atomic E-state index is 0.0239. The number of hydrogen-bond acceptors (Lipinski definition) is 4. The zero-order valence-electron chi connectivity index (χ0n) is 14.3. The van der Waals surface area contributed by atoms with Gasteiger partial charge in [0.2, 0.25) is 0 Å². The molecule has 2 heterocycles. The normalized spacial score (nSPS) is 21.4. The third-order valence-electron chi connectivity index (χ3n) is 4.48. The van der Waals surface area contributed by atoms with E-state index in [4.69, 9.17) is 12.2 Å². The van der Waals surface area contributed by atoms with Crippen molar-refractivity contribution in [1.29, 1.82) is 0 Å². The van der Waals surface area contributed by atoms with E-state index in [0.717, 1.165) is 28.6 Å². The summed E-state index contributed by atoms with van der Waals surface area (Å²) in [5.74, 6) is -0.267. The van der Waals surface area contributed by atoms with Crippen LogP contribution in [0, 0.1) is 0 Å². The van der Waals surface area contributed by atoms with Gasteiger partial charge in [0, 0.05) is 22.6 Å². The Balaban J connectivity index is 2.15. The zero-order valence-corrected chi connectivity index (χ0v) is 17.6. The van der Waals surface area contributed by atoms with Crippen molar-refractivity contribution in [3.63, 3.8) is 0 Å². The zero-order chi connectivity index (χ0) is 18.3. The second-order valence-electron chi connectivity index (χ2n) is 6.12. The number of amides is 2. The Kier molecular flexibility index (Phi) is 5.37. The first-order valence-corrected chi connectivity index (χ1v) is 10.3. The lowest BCUT2D eigenvalue weighted by molar-refractivity contribution is -0.123. The predicted molar refractivity (Wildman–Crippen MR) is 110 cm³/mol. The van der Waals surface area contributed by atoms with Crippen molar-refractivity contribution in [2.24, 2.45) is 0 Å². The summed E-state index contributed by atoms with van der Waals surface area (Å²) in [4.78, 5) is 29.9. The number of halogens is 1. The first-order chi connectivity index (χ1) is 11.9. The van der Waals surface area contributed by atoms with E-state index in [0.29, 0.717) is 21.3 Å². The van der Waals surface area contributed by atoms with E-state index in [1.54, 1.807) is 9.80 Å². The first-order valence-electron chi connectivity index (χ1n) is 8.32. The molecule has 0 spiro atoms. The molecule has 3 rings (SSSR count). The van der Waals surface area contributed by atoms with E-state index in [2.05, 4.69) is 15.9 Å². The Morgan fingerprint density at radius 2 is 1.96 bits per heavy atom. The van der Waals surface area contributed by atoms with Gasteiger partial charge in [0.1, 0.15) is 4.32 Å². The summed E-state index contributed by atoms with van der Waals surface area (Å²) in [6.07, 6.45) is 1.66. The van der Waals surface area contributed by atoms with Crippen LogP contribution in [-0.4, -0.2) is 33.6 Å². The molecule has 7 heteroatoms. The molecule has 1 saturated heterocycles.